The standard InChI is InChI=1S/C9H12N2O3/c1-5(12)7(10)8-6(9(13)14)3-2-4-11-8/h2-5,7,12H,10H2,1H3,(H,13,14)/t5-,7-/m0/s1. The van der Waals surface area contributed by atoms with Crippen LogP contribution in [0.4, 0.5) is 0 Å². The second-order valence-electron chi connectivity index (χ2n) is 3.01. The van der Waals surface area contributed by atoms with E-state index in [4.69, 9.17) is 10.8 Å². The lowest BCUT2D eigenvalue weighted by Gasteiger charge is -2.15. The highest BCUT2D eigenvalue weighted by Gasteiger charge is 2.20. The molecule has 0 radical (unpaired) electrons. The summed E-state index contributed by atoms with van der Waals surface area (Å²) >= 11 is 0. The van der Waals surface area contributed by atoms with E-state index in [1.165, 1.54) is 25.3 Å². The first-order chi connectivity index (χ1) is 6.54. The first-order valence-electron chi connectivity index (χ1n) is 4.16. The van der Waals surface area contributed by atoms with Crippen LogP contribution >= 0.6 is 0 Å². The van der Waals surface area contributed by atoms with Gasteiger partial charge in [0.25, 0.3) is 0 Å². The predicted octanol–water partition coefficient (Wildman–Crippen LogP) is 0.160. The SMILES string of the molecule is C[C@H](O)[C@H](N)c1ncccc1C(=O)O. The van der Waals surface area contributed by atoms with Gasteiger partial charge >= 0.3 is 5.97 Å². The number of aliphatic hydroxyl groups is 1. The number of aromatic carboxylic acids is 1. The highest BCUT2D eigenvalue weighted by Crippen LogP contribution is 2.16. The zero-order chi connectivity index (χ0) is 10.7. The summed E-state index contributed by atoms with van der Waals surface area (Å²) in [7, 11) is 0. The Balaban J connectivity index is 3.13. The lowest BCUT2D eigenvalue weighted by molar-refractivity contribution is 0.0692. The quantitative estimate of drug-likeness (QED) is 0.639. The normalized spacial score (nSPS) is 14.8. The number of carbonyl (C=O) groups is 1. The molecule has 5 nitrogen and oxygen atoms in total. The maximum atomic E-state index is 10.8. The monoisotopic (exact) mass is 196 g/mol. The van der Waals surface area contributed by atoms with Crippen LogP contribution in [0.5, 0.6) is 0 Å². The van der Waals surface area contributed by atoms with Gasteiger partial charge in [-0.3, -0.25) is 4.98 Å². The molecule has 0 unspecified atom stereocenters. The van der Waals surface area contributed by atoms with Crippen molar-refractivity contribution in [3.63, 3.8) is 0 Å². The third-order valence-electron chi connectivity index (χ3n) is 1.90. The Morgan fingerprint density at radius 2 is 2.29 bits per heavy atom. The fraction of sp³-hybridized carbons (Fsp3) is 0.333. The van der Waals surface area contributed by atoms with E-state index in [9.17, 15) is 9.90 Å². The summed E-state index contributed by atoms with van der Waals surface area (Å²) in [5.74, 6) is -1.09. The molecule has 4 N–H and O–H groups in total. The summed E-state index contributed by atoms with van der Waals surface area (Å²) in [5, 5.41) is 18.0. The molecule has 0 saturated heterocycles. The van der Waals surface area contributed by atoms with E-state index >= 15 is 0 Å². The number of nitrogens with two attached hydrogens (primary N) is 1. The highest BCUT2D eigenvalue weighted by molar-refractivity contribution is 5.88. The van der Waals surface area contributed by atoms with E-state index in [-0.39, 0.29) is 11.3 Å². The van der Waals surface area contributed by atoms with E-state index in [0.29, 0.717) is 0 Å². The molecule has 2 atom stereocenters. The van der Waals surface area contributed by atoms with Crippen LogP contribution in [0.3, 0.4) is 0 Å². The van der Waals surface area contributed by atoms with Gasteiger partial charge in [-0.05, 0) is 19.1 Å². The third kappa shape index (κ3) is 2.07. The lowest BCUT2D eigenvalue weighted by atomic mass is 10.0. The molecule has 1 rings (SSSR count). The van der Waals surface area contributed by atoms with Gasteiger partial charge < -0.3 is 15.9 Å². The smallest absolute Gasteiger partial charge is 0.337 e. The Bertz CT molecular complexity index is 339. The van der Waals surface area contributed by atoms with Crippen LogP contribution in [0.25, 0.3) is 0 Å². The first kappa shape index (κ1) is 10.6. The number of aromatic nitrogens is 1. The predicted molar refractivity (Wildman–Crippen MR) is 49.8 cm³/mol. The fourth-order valence-electron chi connectivity index (χ4n) is 1.09. The Kier molecular flexibility index (Phi) is 3.16. The summed E-state index contributed by atoms with van der Waals surface area (Å²) in [6.45, 7) is 1.49. The molecular weight excluding hydrogens is 184 g/mol. The Morgan fingerprint density at radius 1 is 1.64 bits per heavy atom. The molecule has 1 heterocycles. The van der Waals surface area contributed by atoms with Gasteiger partial charge in [-0.25, -0.2) is 4.79 Å². The number of aliphatic hydroxyl groups excluding tert-OH is 1. The summed E-state index contributed by atoms with van der Waals surface area (Å²) in [4.78, 5) is 14.6. The summed E-state index contributed by atoms with van der Waals surface area (Å²) < 4.78 is 0. The zero-order valence-corrected chi connectivity index (χ0v) is 7.71. The highest BCUT2D eigenvalue weighted by atomic mass is 16.4. The largest absolute Gasteiger partial charge is 0.478 e. The molecule has 0 spiro atoms. The Morgan fingerprint density at radius 3 is 2.79 bits per heavy atom. The number of carboxylic acid groups (broad SMARTS) is 1. The van der Waals surface area contributed by atoms with Gasteiger partial charge in [0.2, 0.25) is 0 Å². The van der Waals surface area contributed by atoms with Crippen LogP contribution < -0.4 is 5.73 Å². The summed E-state index contributed by atoms with van der Waals surface area (Å²) in [6, 6.07) is 2.15. The molecule has 0 bridgehead atoms. The number of hydrogen-bond donors (Lipinski definition) is 3. The number of pyridine rings is 1. The molecule has 1 aromatic rings. The minimum atomic E-state index is -1.09. The Labute approximate surface area is 81.2 Å². The molecule has 0 fully saturated rings. The van der Waals surface area contributed by atoms with E-state index in [2.05, 4.69) is 4.98 Å². The molecule has 0 aliphatic heterocycles. The molecule has 5 heteroatoms. The van der Waals surface area contributed by atoms with Gasteiger partial charge in [-0.2, -0.15) is 0 Å². The van der Waals surface area contributed by atoms with Crippen molar-refractivity contribution in [3.05, 3.63) is 29.6 Å². The molecule has 76 valence electrons. The average Bonchev–Trinajstić information content (AvgIpc) is 2.16. The molecule has 0 aliphatic rings. The van der Waals surface area contributed by atoms with Crippen LogP contribution in [0.2, 0.25) is 0 Å². The van der Waals surface area contributed by atoms with E-state index in [1.54, 1.807) is 0 Å². The number of nitrogens with zero attached hydrogens (tertiary/aromatic N) is 1. The molecule has 1 aromatic heterocycles. The second kappa shape index (κ2) is 4.17. The molecule has 0 aromatic carbocycles. The maximum Gasteiger partial charge on any atom is 0.337 e. The van der Waals surface area contributed by atoms with Gasteiger partial charge in [0.05, 0.1) is 23.4 Å². The average molecular weight is 196 g/mol. The van der Waals surface area contributed by atoms with Gasteiger partial charge in [0, 0.05) is 6.20 Å². The van der Waals surface area contributed by atoms with Crippen LogP contribution in [-0.2, 0) is 0 Å². The van der Waals surface area contributed by atoms with E-state index < -0.39 is 18.1 Å². The van der Waals surface area contributed by atoms with Crippen molar-refractivity contribution in [1.29, 1.82) is 0 Å². The number of rotatable bonds is 3. The van der Waals surface area contributed by atoms with Gasteiger partial charge in [-0.1, -0.05) is 0 Å². The Hall–Kier alpha value is -1.46. The van der Waals surface area contributed by atoms with Crippen LogP contribution in [0.1, 0.15) is 29.0 Å². The minimum absolute atomic E-state index is 0.0286. The van der Waals surface area contributed by atoms with Crippen molar-refractivity contribution in [2.45, 2.75) is 19.1 Å². The molecule has 0 saturated carbocycles. The molecule has 0 amide bonds. The van der Waals surface area contributed by atoms with Crippen LogP contribution in [0, 0.1) is 0 Å². The van der Waals surface area contributed by atoms with Gasteiger partial charge in [0.15, 0.2) is 0 Å². The lowest BCUT2D eigenvalue weighted by Crippen LogP contribution is -2.26. The van der Waals surface area contributed by atoms with Gasteiger partial charge in [0.1, 0.15) is 0 Å². The number of carboxylic acids is 1. The van der Waals surface area contributed by atoms with Gasteiger partial charge in [-0.15, -0.1) is 0 Å². The fourth-order valence-corrected chi connectivity index (χ4v) is 1.09. The first-order valence-corrected chi connectivity index (χ1v) is 4.16. The third-order valence-corrected chi connectivity index (χ3v) is 1.90. The summed E-state index contributed by atoms with van der Waals surface area (Å²) in [6.07, 6.45) is 0.618. The van der Waals surface area contributed by atoms with Crippen molar-refractivity contribution in [1.82, 2.24) is 4.98 Å². The van der Waals surface area contributed by atoms with Crippen molar-refractivity contribution >= 4 is 5.97 Å². The van der Waals surface area contributed by atoms with Crippen molar-refractivity contribution in [3.8, 4) is 0 Å². The number of hydrogen-bond acceptors (Lipinski definition) is 4. The minimum Gasteiger partial charge on any atom is -0.478 e. The van der Waals surface area contributed by atoms with Crippen molar-refractivity contribution in [2.75, 3.05) is 0 Å². The zero-order valence-electron chi connectivity index (χ0n) is 7.71. The van der Waals surface area contributed by atoms with Crippen LogP contribution in [-0.4, -0.2) is 27.3 Å². The van der Waals surface area contributed by atoms with Crippen molar-refractivity contribution < 1.29 is 15.0 Å². The van der Waals surface area contributed by atoms with Crippen LogP contribution in [0.15, 0.2) is 18.3 Å². The van der Waals surface area contributed by atoms with E-state index in [0.717, 1.165) is 0 Å². The second-order valence-corrected chi connectivity index (χ2v) is 3.01. The summed E-state index contributed by atoms with van der Waals surface area (Å²) in [5.41, 5.74) is 5.83. The van der Waals surface area contributed by atoms with E-state index in [1.807, 2.05) is 0 Å². The topological polar surface area (TPSA) is 96.4 Å². The maximum absolute atomic E-state index is 10.8. The molecular formula is C9H12N2O3. The molecule has 14 heavy (non-hydrogen) atoms. The molecule has 0 aliphatic carbocycles. The van der Waals surface area contributed by atoms with Crippen molar-refractivity contribution in [2.24, 2.45) is 5.73 Å².